The van der Waals surface area contributed by atoms with Crippen LogP contribution < -0.4 is 4.72 Å². The normalized spacial score (nSPS) is 12.0. The molecule has 0 unspecified atom stereocenters. The first kappa shape index (κ1) is 16.6. The second-order valence-corrected chi connectivity index (χ2v) is 6.47. The molecular weight excluding hydrogens is 310 g/mol. The summed E-state index contributed by atoms with van der Waals surface area (Å²) < 4.78 is 38.8. The number of nitrogens with one attached hydrogen (secondary N) is 1. The van der Waals surface area contributed by atoms with E-state index >= 15 is 0 Å². The molecule has 2 rings (SSSR count). The zero-order chi connectivity index (χ0) is 16.2. The molecule has 22 heavy (non-hydrogen) atoms. The van der Waals surface area contributed by atoms with E-state index in [1.165, 1.54) is 0 Å². The molecule has 0 saturated carbocycles. The fourth-order valence-corrected chi connectivity index (χ4v) is 3.38. The Morgan fingerprint density at radius 1 is 1.41 bits per heavy atom. The van der Waals surface area contributed by atoms with E-state index < -0.39 is 10.0 Å². The van der Waals surface area contributed by atoms with Crippen LogP contribution in [0.15, 0.2) is 15.7 Å². The van der Waals surface area contributed by atoms with Gasteiger partial charge in [0.15, 0.2) is 5.76 Å². The van der Waals surface area contributed by atoms with Gasteiger partial charge in [-0.15, -0.1) is 10.2 Å². The van der Waals surface area contributed by atoms with Crippen LogP contribution in [0.4, 0.5) is 0 Å². The van der Waals surface area contributed by atoms with Gasteiger partial charge in [-0.3, -0.25) is 0 Å². The average Bonchev–Trinajstić information content (AvgIpc) is 3.04. The number of ether oxygens (including phenoxy) is 1. The molecule has 2 aromatic rings. The minimum absolute atomic E-state index is 0.0410. The highest BCUT2D eigenvalue weighted by atomic mass is 32.2. The van der Waals surface area contributed by atoms with Crippen molar-refractivity contribution in [3.63, 3.8) is 0 Å². The minimum atomic E-state index is -3.71. The monoisotopic (exact) mass is 329 g/mol. The summed E-state index contributed by atoms with van der Waals surface area (Å²) in [5.41, 5.74) is 0.326. The quantitative estimate of drug-likeness (QED) is 0.697. The fourth-order valence-electron chi connectivity index (χ4n) is 2.07. The molecule has 0 saturated heterocycles. The summed E-state index contributed by atoms with van der Waals surface area (Å²) in [6, 6.07) is 0. The van der Waals surface area contributed by atoms with Crippen LogP contribution in [0.2, 0.25) is 0 Å². The van der Waals surface area contributed by atoms with Gasteiger partial charge in [0.25, 0.3) is 0 Å². The summed E-state index contributed by atoms with van der Waals surface area (Å²) in [6.07, 6.45) is 2.35. The zero-order valence-corrected chi connectivity index (χ0v) is 13.6. The predicted octanol–water partition coefficient (Wildman–Crippen LogP) is 0.398. The van der Waals surface area contributed by atoms with Gasteiger partial charge in [0.2, 0.25) is 10.0 Å². The van der Waals surface area contributed by atoms with E-state index in [9.17, 15) is 8.42 Å². The third-order valence-corrected chi connectivity index (χ3v) is 4.74. The van der Waals surface area contributed by atoms with E-state index in [0.717, 1.165) is 6.42 Å². The molecule has 9 nitrogen and oxygen atoms in total. The number of hydrogen-bond donors (Lipinski definition) is 1. The summed E-state index contributed by atoms with van der Waals surface area (Å²) in [5.74, 6) is 0.790. The van der Waals surface area contributed by atoms with Crippen LogP contribution in [-0.2, 0) is 27.8 Å². The van der Waals surface area contributed by atoms with Gasteiger partial charge in [0.1, 0.15) is 22.7 Å². The lowest BCUT2D eigenvalue weighted by atomic mass is 10.4. The molecule has 1 N–H and O–H groups in total. The van der Waals surface area contributed by atoms with Crippen LogP contribution >= 0.6 is 0 Å². The number of nitrogens with zero attached hydrogens (tertiary/aromatic N) is 4. The van der Waals surface area contributed by atoms with Crippen molar-refractivity contribution in [2.75, 3.05) is 13.7 Å². The third-order valence-electron chi connectivity index (χ3n) is 3.10. The number of aryl methyl sites for hydroxylation is 3. The van der Waals surface area contributed by atoms with E-state index in [1.807, 2.05) is 0 Å². The molecule has 2 heterocycles. The van der Waals surface area contributed by atoms with Crippen molar-refractivity contribution in [1.82, 2.24) is 24.6 Å². The van der Waals surface area contributed by atoms with Crippen LogP contribution in [0.25, 0.3) is 0 Å². The number of rotatable bonds is 8. The third kappa shape index (κ3) is 3.70. The van der Waals surface area contributed by atoms with E-state index in [1.54, 1.807) is 31.9 Å². The van der Waals surface area contributed by atoms with E-state index in [0.29, 0.717) is 24.7 Å². The Hall–Kier alpha value is -1.78. The van der Waals surface area contributed by atoms with Gasteiger partial charge in [-0.05, 0) is 20.3 Å². The number of sulfonamides is 1. The van der Waals surface area contributed by atoms with Gasteiger partial charge < -0.3 is 13.8 Å². The SMILES string of the molecule is COCCCn1cnnc1CNS(=O)(=O)c1c(C)noc1C. The van der Waals surface area contributed by atoms with Gasteiger partial charge in [0.05, 0.1) is 6.54 Å². The van der Waals surface area contributed by atoms with Crippen LogP contribution in [0.3, 0.4) is 0 Å². The first-order valence-corrected chi connectivity index (χ1v) is 8.22. The molecule has 0 aromatic carbocycles. The Bertz CT molecular complexity index is 702. The smallest absolute Gasteiger partial charge is 0.246 e. The molecule has 0 atom stereocenters. The van der Waals surface area contributed by atoms with Gasteiger partial charge in [-0.1, -0.05) is 5.16 Å². The summed E-state index contributed by atoms with van der Waals surface area (Å²) in [7, 11) is -2.08. The molecule has 2 aromatic heterocycles. The lowest BCUT2D eigenvalue weighted by Gasteiger charge is -2.08. The standard InChI is InChI=1S/C12H19N5O4S/c1-9-12(10(2)21-16-9)22(18,19)14-7-11-15-13-8-17(11)5-4-6-20-3/h8,14H,4-7H2,1-3H3. The van der Waals surface area contributed by atoms with Crippen molar-refractivity contribution in [1.29, 1.82) is 0 Å². The molecule has 122 valence electrons. The van der Waals surface area contributed by atoms with Crippen molar-refractivity contribution in [2.24, 2.45) is 0 Å². The van der Waals surface area contributed by atoms with Crippen molar-refractivity contribution in [3.05, 3.63) is 23.6 Å². The molecule has 0 fully saturated rings. The van der Waals surface area contributed by atoms with Gasteiger partial charge in [0, 0.05) is 20.3 Å². The largest absolute Gasteiger partial charge is 0.385 e. The van der Waals surface area contributed by atoms with Crippen LogP contribution in [0.1, 0.15) is 23.7 Å². The maximum Gasteiger partial charge on any atom is 0.246 e. The highest BCUT2D eigenvalue weighted by Gasteiger charge is 2.24. The Kier molecular flexibility index (Phi) is 5.27. The molecule has 0 aliphatic rings. The number of aromatic nitrogens is 4. The lowest BCUT2D eigenvalue weighted by molar-refractivity contribution is 0.190. The van der Waals surface area contributed by atoms with Crippen molar-refractivity contribution >= 4 is 10.0 Å². The lowest BCUT2D eigenvalue weighted by Crippen LogP contribution is -2.26. The maximum absolute atomic E-state index is 12.3. The van der Waals surface area contributed by atoms with Crippen LogP contribution in [0, 0.1) is 13.8 Å². The van der Waals surface area contributed by atoms with Gasteiger partial charge in [-0.25, -0.2) is 13.1 Å². The molecule has 0 bridgehead atoms. The first-order chi connectivity index (χ1) is 10.5. The zero-order valence-electron chi connectivity index (χ0n) is 12.7. The fraction of sp³-hybridized carbons (Fsp3) is 0.583. The number of hydrogen-bond acceptors (Lipinski definition) is 7. The Morgan fingerprint density at radius 3 is 2.82 bits per heavy atom. The van der Waals surface area contributed by atoms with Crippen molar-refractivity contribution < 1.29 is 17.7 Å². The van der Waals surface area contributed by atoms with Gasteiger partial charge >= 0.3 is 0 Å². The Labute approximate surface area is 128 Å². The summed E-state index contributed by atoms with van der Waals surface area (Å²) in [6.45, 7) is 4.45. The highest BCUT2D eigenvalue weighted by molar-refractivity contribution is 7.89. The molecular formula is C12H19N5O4S. The summed E-state index contributed by atoms with van der Waals surface area (Å²) in [4.78, 5) is 0.0675. The Balaban J connectivity index is 2.05. The van der Waals surface area contributed by atoms with Crippen LogP contribution in [0.5, 0.6) is 0 Å². The molecule has 0 aliphatic carbocycles. The summed E-state index contributed by atoms with van der Waals surface area (Å²) in [5, 5.41) is 11.4. The Morgan fingerprint density at radius 2 is 2.18 bits per heavy atom. The second-order valence-electron chi connectivity index (χ2n) is 4.76. The average molecular weight is 329 g/mol. The number of methoxy groups -OCH3 is 1. The minimum Gasteiger partial charge on any atom is -0.385 e. The van der Waals surface area contributed by atoms with E-state index in [-0.39, 0.29) is 17.2 Å². The molecule has 0 spiro atoms. The summed E-state index contributed by atoms with van der Waals surface area (Å²) >= 11 is 0. The first-order valence-electron chi connectivity index (χ1n) is 6.74. The topological polar surface area (TPSA) is 112 Å². The maximum atomic E-state index is 12.3. The molecule has 0 aliphatic heterocycles. The van der Waals surface area contributed by atoms with Gasteiger partial charge in [-0.2, -0.15) is 0 Å². The van der Waals surface area contributed by atoms with Crippen molar-refractivity contribution in [3.8, 4) is 0 Å². The molecule has 0 radical (unpaired) electrons. The van der Waals surface area contributed by atoms with E-state index in [2.05, 4.69) is 20.1 Å². The van der Waals surface area contributed by atoms with Crippen LogP contribution in [-0.4, -0.2) is 42.1 Å². The second kappa shape index (κ2) is 6.99. The highest BCUT2D eigenvalue weighted by Crippen LogP contribution is 2.18. The molecule has 10 heteroatoms. The predicted molar refractivity (Wildman–Crippen MR) is 76.5 cm³/mol. The van der Waals surface area contributed by atoms with E-state index in [4.69, 9.17) is 9.26 Å². The molecule has 0 amide bonds. The van der Waals surface area contributed by atoms with Crippen molar-refractivity contribution in [2.45, 2.75) is 38.3 Å².